The molecule has 330 valence electrons. The highest BCUT2D eigenvalue weighted by atomic mass is 16.3. The minimum Gasteiger partial charge on any atom is -0.454 e. The zero-order valence-electron chi connectivity index (χ0n) is 38.3. The summed E-state index contributed by atoms with van der Waals surface area (Å²) in [6, 6.07) is 88.1. The van der Waals surface area contributed by atoms with Gasteiger partial charge < -0.3 is 18.3 Å². The van der Waals surface area contributed by atoms with Gasteiger partial charge in [-0.1, -0.05) is 182 Å². The van der Waals surface area contributed by atoms with Crippen molar-refractivity contribution in [1.29, 1.82) is 0 Å². The van der Waals surface area contributed by atoms with Crippen molar-refractivity contribution in [2.45, 2.75) is 5.41 Å². The van der Waals surface area contributed by atoms with Crippen molar-refractivity contribution >= 4 is 82.7 Å². The number of aromatic nitrogens is 1. The fourth-order valence-electron chi connectivity index (χ4n) is 12.8. The topological polar surface area (TPSA) is 34.5 Å². The molecule has 11 aromatic carbocycles. The lowest BCUT2D eigenvalue weighted by Gasteiger charge is -2.30. The van der Waals surface area contributed by atoms with Crippen molar-refractivity contribution in [3.8, 4) is 39.1 Å². The van der Waals surface area contributed by atoms with E-state index < -0.39 is 5.41 Å². The van der Waals surface area contributed by atoms with Crippen molar-refractivity contribution in [3.05, 3.63) is 265 Å². The Balaban J connectivity index is 0.912. The first-order valence-corrected chi connectivity index (χ1v) is 24.4. The number of fused-ring (bicyclic) bond motifs is 20. The summed E-state index contributed by atoms with van der Waals surface area (Å²) >= 11 is 0. The lowest BCUT2D eigenvalue weighted by molar-refractivity contribution is 0.666. The van der Waals surface area contributed by atoms with E-state index in [0.29, 0.717) is 0 Å². The molecule has 0 saturated carbocycles. The third-order valence-corrected chi connectivity index (χ3v) is 15.6. The van der Waals surface area contributed by atoms with Crippen molar-refractivity contribution < 1.29 is 8.83 Å². The molecule has 0 fully saturated rings. The molecule has 0 aliphatic heterocycles. The van der Waals surface area contributed by atoms with Crippen LogP contribution in [0.1, 0.15) is 22.3 Å². The van der Waals surface area contributed by atoms with Crippen molar-refractivity contribution in [2.24, 2.45) is 0 Å². The largest absolute Gasteiger partial charge is 0.454 e. The van der Waals surface area contributed by atoms with E-state index in [2.05, 4.69) is 246 Å². The Bertz CT molecular complexity index is 4490. The van der Waals surface area contributed by atoms with Crippen molar-refractivity contribution in [3.63, 3.8) is 0 Å². The number of rotatable bonds is 5. The zero-order chi connectivity index (χ0) is 46.4. The Kier molecular flexibility index (Phi) is 7.79. The summed E-state index contributed by atoms with van der Waals surface area (Å²) in [6.07, 6.45) is 0. The second-order valence-electron chi connectivity index (χ2n) is 19.1. The summed E-state index contributed by atoms with van der Waals surface area (Å²) < 4.78 is 16.3. The van der Waals surface area contributed by atoms with Crippen LogP contribution in [-0.2, 0) is 5.41 Å². The molecule has 3 aromatic heterocycles. The minimum atomic E-state index is -0.438. The average molecular weight is 905 g/mol. The van der Waals surface area contributed by atoms with Gasteiger partial charge in [-0.05, 0) is 116 Å². The highest BCUT2D eigenvalue weighted by molar-refractivity contribution is 6.19. The van der Waals surface area contributed by atoms with Gasteiger partial charge in [0, 0.05) is 43.7 Å². The second-order valence-corrected chi connectivity index (χ2v) is 19.1. The summed E-state index contributed by atoms with van der Waals surface area (Å²) in [5, 5.41) is 6.75. The molecule has 0 amide bonds. The van der Waals surface area contributed by atoms with Crippen LogP contribution in [0, 0.1) is 0 Å². The summed E-state index contributed by atoms with van der Waals surface area (Å²) in [7, 11) is 0. The molecule has 4 heteroatoms. The second kappa shape index (κ2) is 14.3. The van der Waals surface area contributed by atoms with Crippen molar-refractivity contribution in [1.82, 2.24) is 4.57 Å². The number of furan rings is 2. The Morgan fingerprint density at radius 2 is 0.944 bits per heavy atom. The predicted molar refractivity (Wildman–Crippen MR) is 292 cm³/mol. The molecule has 0 atom stereocenters. The van der Waals surface area contributed by atoms with E-state index in [9.17, 15) is 0 Å². The Labute approximate surface area is 408 Å². The average Bonchev–Trinajstić information content (AvgIpc) is 4.24. The van der Waals surface area contributed by atoms with Crippen LogP contribution in [0.25, 0.3) is 105 Å². The Morgan fingerprint density at radius 1 is 0.352 bits per heavy atom. The molecule has 0 unspecified atom stereocenters. The van der Waals surface area contributed by atoms with Crippen LogP contribution in [0.5, 0.6) is 0 Å². The standard InChI is InChI=1S/C67H40N2O2/c1-2-16-41(17-3-1)42-32-34-43(35-33-42)68(59-29-14-23-49-48-21-8-13-31-61(48)70-65(49)59)44-36-38-58-52(40-44)47-20-7-12-28-57(47)69(58)60-30-15-24-51-64-62(71-66(51)60)39-37-56-63(64)50-22-6-11-27-55(50)67(56)53-25-9-4-18-45(53)46-19-5-10-26-54(46)67/h1-40H. The highest BCUT2D eigenvalue weighted by Crippen LogP contribution is 2.64. The zero-order valence-corrected chi connectivity index (χ0v) is 38.3. The summed E-state index contributed by atoms with van der Waals surface area (Å²) in [4.78, 5) is 2.34. The van der Waals surface area contributed by atoms with Crippen LogP contribution in [0.3, 0.4) is 0 Å². The predicted octanol–water partition coefficient (Wildman–Crippen LogP) is 18.1. The molecule has 71 heavy (non-hydrogen) atoms. The lowest BCUT2D eigenvalue weighted by atomic mass is 9.70. The number of nitrogens with zero attached hydrogens (tertiary/aromatic N) is 2. The molecule has 0 radical (unpaired) electrons. The van der Waals surface area contributed by atoms with Crippen LogP contribution < -0.4 is 4.90 Å². The SMILES string of the molecule is c1ccc(-c2ccc(N(c3ccc4c(c3)c3ccccc3n4-c3cccc4c3oc3ccc5c(c34)-c3ccccc3C53c4ccccc4-c4ccccc43)c3cccc4c3oc3ccccc34)cc2)cc1. The molecule has 4 nitrogen and oxygen atoms in total. The smallest absolute Gasteiger partial charge is 0.159 e. The maximum absolute atomic E-state index is 7.18. The molecule has 0 N–H and O–H groups in total. The molecular weight excluding hydrogens is 865 g/mol. The normalized spacial score (nSPS) is 13.2. The Morgan fingerprint density at radius 3 is 1.75 bits per heavy atom. The molecule has 2 aliphatic rings. The quantitative estimate of drug-likeness (QED) is 0.173. The van der Waals surface area contributed by atoms with Gasteiger partial charge in [0.2, 0.25) is 0 Å². The van der Waals surface area contributed by atoms with Gasteiger partial charge in [0.15, 0.2) is 11.2 Å². The van der Waals surface area contributed by atoms with Gasteiger partial charge in [-0.2, -0.15) is 0 Å². The Hall–Kier alpha value is -9.38. The van der Waals surface area contributed by atoms with E-state index >= 15 is 0 Å². The van der Waals surface area contributed by atoms with Crippen LogP contribution >= 0.6 is 0 Å². The summed E-state index contributed by atoms with van der Waals surface area (Å²) in [6.45, 7) is 0. The molecule has 14 aromatic rings. The fourth-order valence-corrected chi connectivity index (χ4v) is 12.8. The first kappa shape index (κ1) is 38.6. The van der Waals surface area contributed by atoms with Crippen molar-refractivity contribution in [2.75, 3.05) is 4.90 Å². The van der Waals surface area contributed by atoms with Crippen LogP contribution in [-0.4, -0.2) is 4.57 Å². The molecule has 3 heterocycles. The summed E-state index contributed by atoms with van der Waals surface area (Å²) in [5.74, 6) is 0. The minimum absolute atomic E-state index is 0.438. The lowest BCUT2D eigenvalue weighted by Crippen LogP contribution is -2.25. The van der Waals surface area contributed by atoms with Gasteiger partial charge in [-0.15, -0.1) is 0 Å². The van der Waals surface area contributed by atoms with Crippen LogP contribution in [0.2, 0.25) is 0 Å². The number of para-hydroxylation sites is 4. The van der Waals surface area contributed by atoms with Gasteiger partial charge in [0.25, 0.3) is 0 Å². The van der Waals surface area contributed by atoms with Crippen LogP contribution in [0.4, 0.5) is 17.1 Å². The van der Waals surface area contributed by atoms with E-state index in [-0.39, 0.29) is 0 Å². The third-order valence-electron chi connectivity index (χ3n) is 15.6. The van der Waals surface area contributed by atoms with E-state index in [0.717, 1.165) is 94.0 Å². The molecule has 1 spiro atoms. The van der Waals surface area contributed by atoms with E-state index in [1.807, 2.05) is 6.07 Å². The number of hydrogen-bond donors (Lipinski definition) is 0. The maximum Gasteiger partial charge on any atom is 0.159 e. The fraction of sp³-hybridized carbons (Fsp3) is 0.0149. The van der Waals surface area contributed by atoms with Gasteiger partial charge in [-0.3, -0.25) is 0 Å². The van der Waals surface area contributed by atoms with E-state index in [4.69, 9.17) is 8.83 Å². The van der Waals surface area contributed by atoms with Gasteiger partial charge in [0.1, 0.15) is 11.2 Å². The monoisotopic (exact) mass is 904 g/mol. The third kappa shape index (κ3) is 5.12. The van der Waals surface area contributed by atoms with Gasteiger partial charge in [0.05, 0.1) is 27.8 Å². The number of hydrogen-bond acceptors (Lipinski definition) is 3. The first-order valence-electron chi connectivity index (χ1n) is 24.4. The first-order chi connectivity index (χ1) is 35.2. The van der Waals surface area contributed by atoms with Gasteiger partial charge >= 0.3 is 0 Å². The van der Waals surface area contributed by atoms with Crippen LogP contribution in [0.15, 0.2) is 251 Å². The molecular formula is C67H40N2O2. The summed E-state index contributed by atoms with van der Waals surface area (Å²) in [5.41, 5.74) is 22.0. The molecule has 0 bridgehead atoms. The number of benzene rings is 11. The molecule has 2 aliphatic carbocycles. The van der Waals surface area contributed by atoms with E-state index in [1.54, 1.807) is 0 Å². The highest BCUT2D eigenvalue weighted by Gasteiger charge is 2.52. The molecule has 0 saturated heterocycles. The maximum atomic E-state index is 7.18. The van der Waals surface area contributed by atoms with Gasteiger partial charge in [-0.25, -0.2) is 0 Å². The molecule has 16 rings (SSSR count). The van der Waals surface area contributed by atoms with E-state index in [1.165, 1.54) is 50.1 Å². The number of anilines is 3.